The van der Waals surface area contributed by atoms with Gasteiger partial charge in [0.1, 0.15) is 6.33 Å². The van der Waals surface area contributed by atoms with Crippen LogP contribution in [0.2, 0.25) is 0 Å². The number of hydrogen-bond donors (Lipinski definition) is 0. The maximum Gasteiger partial charge on any atom is 0.309 e. The minimum atomic E-state index is 0.0329. The Morgan fingerprint density at radius 2 is 2.31 bits per heavy atom. The Morgan fingerprint density at radius 3 is 3.00 bits per heavy atom. The number of rotatable bonds is 1. The summed E-state index contributed by atoms with van der Waals surface area (Å²) in [5.41, 5.74) is 0.736. The van der Waals surface area contributed by atoms with Crippen molar-refractivity contribution in [3.05, 3.63) is 22.2 Å². The first-order chi connectivity index (χ1) is 6.20. The van der Waals surface area contributed by atoms with Crippen LogP contribution in [0.3, 0.4) is 0 Å². The van der Waals surface area contributed by atoms with Gasteiger partial charge in [-0.15, -0.1) is 0 Å². The van der Waals surface area contributed by atoms with Crippen LogP contribution in [0.4, 0.5) is 0 Å². The molecule has 0 amide bonds. The SMILES string of the molecule is CC(C)n1c(=O)sc2cncnc21. The Bertz CT molecular complexity index is 485. The third-order valence-electron chi connectivity index (χ3n) is 1.80. The maximum atomic E-state index is 11.5. The lowest BCUT2D eigenvalue weighted by molar-refractivity contribution is 0.605. The predicted octanol–water partition coefficient (Wildman–Crippen LogP) is 1.43. The van der Waals surface area contributed by atoms with Gasteiger partial charge in [-0.05, 0) is 13.8 Å². The van der Waals surface area contributed by atoms with Crippen molar-refractivity contribution in [1.82, 2.24) is 14.5 Å². The Labute approximate surface area is 78.9 Å². The molecule has 0 aliphatic heterocycles. The summed E-state index contributed by atoms with van der Waals surface area (Å²) in [5, 5.41) is 0. The lowest BCUT2D eigenvalue weighted by atomic mass is 10.4. The molecule has 0 aliphatic rings. The van der Waals surface area contributed by atoms with E-state index in [-0.39, 0.29) is 10.9 Å². The zero-order valence-electron chi connectivity index (χ0n) is 7.39. The quantitative estimate of drug-likeness (QED) is 0.691. The second kappa shape index (κ2) is 2.92. The summed E-state index contributed by atoms with van der Waals surface area (Å²) in [6.45, 7) is 3.94. The third kappa shape index (κ3) is 1.25. The van der Waals surface area contributed by atoms with Gasteiger partial charge in [0.15, 0.2) is 5.65 Å². The van der Waals surface area contributed by atoms with Gasteiger partial charge in [0.25, 0.3) is 0 Å². The predicted molar refractivity (Wildman–Crippen MR) is 52.1 cm³/mol. The molecule has 0 aliphatic carbocycles. The first kappa shape index (κ1) is 8.37. The highest BCUT2D eigenvalue weighted by atomic mass is 32.1. The van der Waals surface area contributed by atoms with Crippen LogP contribution < -0.4 is 4.87 Å². The molecule has 5 heteroatoms. The monoisotopic (exact) mass is 195 g/mol. The standard InChI is InChI=1S/C8H9N3OS/c1-5(2)11-7-6(13-8(11)12)3-9-4-10-7/h3-5H,1-2H3. The molecule has 0 N–H and O–H groups in total. The Kier molecular flexibility index (Phi) is 1.88. The van der Waals surface area contributed by atoms with Gasteiger partial charge in [-0.3, -0.25) is 9.36 Å². The summed E-state index contributed by atoms with van der Waals surface area (Å²) in [4.78, 5) is 19.5. The summed E-state index contributed by atoms with van der Waals surface area (Å²) in [6, 6.07) is 0.149. The topological polar surface area (TPSA) is 47.8 Å². The fourth-order valence-corrected chi connectivity index (χ4v) is 2.19. The second-order valence-electron chi connectivity index (χ2n) is 3.04. The minimum absolute atomic E-state index is 0.0329. The number of fused-ring (bicyclic) bond motifs is 1. The van der Waals surface area contributed by atoms with Gasteiger partial charge >= 0.3 is 4.87 Å². The second-order valence-corrected chi connectivity index (χ2v) is 4.04. The zero-order valence-corrected chi connectivity index (χ0v) is 8.21. The van der Waals surface area contributed by atoms with Crippen molar-refractivity contribution in [1.29, 1.82) is 0 Å². The van der Waals surface area contributed by atoms with Gasteiger partial charge < -0.3 is 0 Å². The summed E-state index contributed by atoms with van der Waals surface area (Å²) in [6.07, 6.45) is 3.14. The Morgan fingerprint density at radius 1 is 1.54 bits per heavy atom. The molecule has 0 saturated carbocycles. The molecular formula is C8H9N3OS. The van der Waals surface area contributed by atoms with Crippen molar-refractivity contribution in [3.63, 3.8) is 0 Å². The molecule has 13 heavy (non-hydrogen) atoms. The largest absolute Gasteiger partial charge is 0.309 e. The van der Waals surface area contributed by atoms with Gasteiger partial charge in [0.05, 0.1) is 4.70 Å². The van der Waals surface area contributed by atoms with Crippen molar-refractivity contribution in [2.45, 2.75) is 19.9 Å². The smallest absolute Gasteiger partial charge is 0.280 e. The molecule has 2 aromatic rings. The van der Waals surface area contributed by atoms with E-state index in [2.05, 4.69) is 9.97 Å². The molecule has 0 aromatic carbocycles. The first-order valence-corrected chi connectivity index (χ1v) is 4.83. The highest BCUT2D eigenvalue weighted by molar-refractivity contribution is 7.16. The lowest BCUT2D eigenvalue weighted by Gasteiger charge is -2.04. The van der Waals surface area contributed by atoms with E-state index in [1.165, 1.54) is 17.7 Å². The van der Waals surface area contributed by atoms with Gasteiger partial charge in [-0.25, -0.2) is 9.97 Å². The molecule has 0 atom stereocenters. The van der Waals surface area contributed by atoms with E-state index in [0.717, 1.165) is 10.3 Å². The molecule has 0 unspecified atom stereocenters. The molecule has 0 spiro atoms. The molecule has 2 rings (SSSR count). The van der Waals surface area contributed by atoms with Crippen LogP contribution in [0.5, 0.6) is 0 Å². The maximum absolute atomic E-state index is 11.5. The molecule has 4 nitrogen and oxygen atoms in total. The van der Waals surface area contributed by atoms with E-state index in [1.54, 1.807) is 10.8 Å². The van der Waals surface area contributed by atoms with Crippen LogP contribution in [0.25, 0.3) is 10.3 Å². The van der Waals surface area contributed by atoms with E-state index in [9.17, 15) is 4.79 Å². The lowest BCUT2D eigenvalue weighted by Crippen LogP contribution is -2.15. The third-order valence-corrected chi connectivity index (χ3v) is 2.68. The zero-order chi connectivity index (χ0) is 9.42. The van der Waals surface area contributed by atoms with Crippen molar-refractivity contribution in [2.24, 2.45) is 0 Å². The van der Waals surface area contributed by atoms with E-state index >= 15 is 0 Å². The highest BCUT2D eigenvalue weighted by Crippen LogP contribution is 2.16. The molecule has 0 fully saturated rings. The van der Waals surface area contributed by atoms with Crippen LogP contribution in [0.1, 0.15) is 19.9 Å². The molecule has 0 saturated heterocycles. The van der Waals surface area contributed by atoms with Crippen molar-refractivity contribution >= 4 is 21.7 Å². The molecule has 2 aromatic heterocycles. The summed E-state index contributed by atoms with van der Waals surface area (Å²) in [5.74, 6) is 0. The van der Waals surface area contributed by atoms with Crippen LogP contribution >= 0.6 is 11.3 Å². The van der Waals surface area contributed by atoms with Crippen molar-refractivity contribution < 1.29 is 0 Å². The van der Waals surface area contributed by atoms with Crippen LogP contribution in [0.15, 0.2) is 17.3 Å². The molecule has 0 bridgehead atoms. The summed E-state index contributed by atoms with van der Waals surface area (Å²) < 4.78 is 2.53. The normalized spacial score (nSPS) is 11.3. The molecule has 2 heterocycles. The summed E-state index contributed by atoms with van der Waals surface area (Å²) >= 11 is 1.19. The fraction of sp³-hybridized carbons (Fsp3) is 0.375. The number of hydrogen-bond acceptors (Lipinski definition) is 4. The average molecular weight is 195 g/mol. The van der Waals surface area contributed by atoms with Gasteiger partial charge in [-0.1, -0.05) is 11.3 Å². The van der Waals surface area contributed by atoms with Crippen LogP contribution in [-0.4, -0.2) is 14.5 Å². The highest BCUT2D eigenvalue weighted by Gasteiger charge is 2.10. The number of thiazole rings is 1. The van der Waals surface area contributed by atoms with Gasteiger partial charge in [0, 0.05) is 12.2 Å². The fourth-order valence-electron chi connectivity index (χ4n) is 1.25. The Balaban J connectivity index is 2.87. The first-order valence-electron chi connectivity index (χ1n) is 4.01. The van der Waals surface area contributed by atoms with Crippen molar-refractivity contribution in [2.75, 3.05) is 0 Å². The van der Waals surface area contributed by atoms with E-state index in [0.29, 0.717) is 0 Å². The van der Waals surface area contributed by atoms with E-state index in [1.807, 2.05) is 13.8 Å². The minimum Gasteiger partial charge on any atom is -0.280 e. The molecule has 0 radical (unpaired) electrons. The van der Waals surface area contributed by atoms with Crippen molar-refractivity contribution in [3.8, 4) is 0 Å². The van der Waals surface area contributed by atoms with Crippen LogP contribution in [0, 0.1) is 0 Å². The van der Waals surface area contributed by atoms with Crippen LogP contribution in [-0.2, 0) is 0 Å². The summed E-state index contributed by atoms with van der Waals surface area (Å²) in [7, 11) is 0. The van der Waals surface area contributed by atoms with E-state index in [4.69, 9.17) is 0 Å². The number of aromatic nitrogens is 3. The Hall–Kier alpha value is -1.23. The van der Waals surface area contributed by atoms with Gasteiger partial charge in [0.2, 0.25) is 0 Å². The average Bonchev–Trinajstić information content (AvgIpc) is 2.39. The number of nitrogens with zero attached hydrogens (tertiary/aromatic N) is 3. The van der Waals surface area contributed by atoms with Gasteiger partial charge in [-0.2, -0.15) is 0 Å². The molecular weight excluding hydrogens is 186 g/mol. The molecule has 68 valence electrons. The van der Waals surface area contributed by atoms with E-state index < -0.39 is 0 Å².